The summed E-state index contributed by atoms with van der Waals surface area (Å²) < 4.78 is 72.4. The molecule has 1 fully saturated rings. The molecule has 4 rings (SSSR count). The molecule has 0 radical (unpaired) electrons. The molecule has 3 aromatic rings. The van der Waals surface area contributed by atoms with Gasteiger partial charge in [0.25, 0.3) is 10.0 Å². The highest BCUT2D eigenvalue weighted by Gasteiger charge is 2.44. The Labute approximate surface area is 268 Å². The number of rotatable bonds is 13. The molecule has 1 aliphatic rings. The first-order valence-electron chi connectivity index (χ1n) is 15.4. The fourth-order valence-electron chi connectivity index (χ4n) is 5.81. The third-order valence-electron chi connectivity index (χ3n) is 8.33. The van der Waals surface area contributed by atoms with Crippen LogP contribution in [0, 0.1) is 11.8 Å². The highest BCUT2D eigenvalue weighted by Crippen LogP contribution is 2.38. The molecule has 4 atom stereocenters. The molecule has 1 saturated heterocycles. The van der Waals surface area contributed by atoms with Crippen LogP contribution in [0.2, 0.25) is 0 Å². The third-order valence-corrected chi connectivity index (χ3v) is 10.0. The van der Waals surface area contributed by atoms with Crippen LogP contribution in [0.5, 0.6) is 0 Å². The molecule has 0 aliphatic carbocycles. The van der Waals surface area contributed by atoms with Crippen molar-refractivity contribution in [2.75, 3.05) is 11.4 Å². The number of cyclic esters (lactones) is 1. The van der Waals surface area contributed by atoms with E-state index in [1.807, 2.05) is 56.3 Å². The zero-order valence-corrected chi connectivity index (χ0v) is 26.9. The molecular formula is C35H39F3N2O5S. The molecule has 0 spiro atoms. The van der Waals surface area contributed by atoms with Gasteiger partial charge in [-0.1, -0.05) is 74.9 Å². The average molecular weight is 657 g/mol. The Morgan fingerprint density at radius 3 is 2.37 bits per heavy atom. The van der Waals surface area contributed by atoms with Crippen LogP contribution in [0.15, 0.2) is 90.1 Å². The summed E-state index contributed by atoms with van der Waals surface area (Å²) in [6.45, 7) is 3.95. The van der Waals surface area contributed by atoms with E-state index in [1.165, 1.54) is 13.1 Å². The van der Waals surface area contributed by atoms with Crippen molar-refractivity contribution in [1.29, 1.82) is 0 Å². The van der Waals surface area contributed by atoms with E-state index >= 15 is 0 Å². The summed E-state index contributed by atoms with van der Waals surface area (Å²) in [4.78, 5) is 30.8. The quantitative estimate of drug-likeness (QED) is 0.107. The Balaban J connectivity index is 1.55. The number of carbonyl (C=O) groups excluding carboxylic acids is 2. The van der Waals surface area contributed by atoms with Gasteiger partial charge in [-0.25, -0.2) is 4.98 Å². The number of aromatic nitrogens is 1. The second-order valence-electron chi connectivity index (χ2n) is 11.5. The number of anilines is 1. The minimum absolute atomic E-state index is 0.0810. The van der Waals surface area contributed by atoms with E-state index in [9.17, 15) is 31.2 Å². The molecule has 0 bridgehead atoms. The van der Waals surface area contributed by atoms with E-state index in [1.54, 1.807) is 18.2 Å². The first-order chi connectivity index (χ1) is 21.9. The number of ether oxygens (including phenoxy) is 1. The highest BCUT2D eigenvalue weighted by atomic mass is 32.2. The molecule has 2 aromatic carbocycles. The zero-order valence-electron chi connectivity index (χ0n) is 26.1. The number of pyridine rings is 1. The van der Waals surface area contributed by atoms with Crippen LogP contribution >= 0.6 is 0 Å². The summed E-state index contributed by atoms with van der Waals surface area (Å²) in [6, 6.07) is 17.9. The first-order valence-corrected chi connectivity index (χ1v) is 16.9. The van der Waals surface area contributed by atoms with Crippen LogP contribution < -0.4 is 4.31 Å². The van der Waals surface area contributed by atoms with Crippen molar-refractivity contribution < 1.29 is 35.9 Å². The van der Waals surface area contributed by atoms with Gasteiger partial charge in [0.05, 0.1) is 11.3 Å². The number of halogens is 3. The molecule has 2 heterocycles. The third kappa shape index (κ3) is 8.23. The lowest BCUT2D eigenvalue weighted by Gasteiger charge is -2.35. The maximum atomic E-state index is 13.7. The summed E-state index contributed by atoms with van der Waals surface area (Å²) in [6.07, 6.45) is 2.80. The maximum Gasteiger partial charge on any atom is 0.417 e. The second-order valence-corrected chi connectivity index (χ2v) is 13.4. The van der Waals surface area contributed by atoms with Gasteiger partial charge >= 0.3 is 12.1 Å². The maximum absolute atomic E-state index is 13.7. The van der Waals surface area contributed by atoms with Crippen LogP contribution in [0.4, 0.5) is 18.9 Å². The summed E-state index contributed by atoms with van der Waals surface area (Å²) in [5.41, 5.74) is 0.893. The summed E-state index contributed by atoms with van der Waals surface area (Å²) in [5.74, 6) is -2.53. The Morgan fingerprint density at radius 1 is 1.02 bits per heavy atom. The Morgan fingerprint density at radius 2 is 1.76 bits per heavy atom. The largest absolute Gasteiger partial charge is 0.461 e. The predicted octanol–water partition coefficient (Wildman–Crippen LogP) is 7.53. The number of nitrogens with zero attached hydrogens (tertiary/aromatic N) is 2. The van der Waals surface area contributed by atoms with Crippen LogP contribution in [-0.4, -0.2) is 38.3 Å². The Bertz CT molecular complexity index is 1610. The van der Waals surface area contributed by atoms with E-state index in [0.717, 1.165) is 28.8 Å². The number of allylic oxidation sites excluding steroid dienone is 1. The van der Waals surface area contributed by atoms with Gasteiger partial charge in [0.15, 0.2) is 10.8 Å². The van der Waals surface area contributed by atoms with Gasteiger partial charge in [-0.15, -0.1) is 0 Å². The van der Waals surface area contributed by atoms with Crippen LogP contribution in [-0.2, 0) is 36.9 Å². The van der Waals surface area contributed by atoms with Crippen molar-refractivity contribution in [2.45, 2.75) is 75.6 Å². The number of sulfonamides is 1. The molecule has 0 amide bonds. The summed E-state index contributed by atoms with van der Waals surface area (Å²) in [5, 5.41) is -0.547. The van der Waals surface area contributed by atoms with Gasteiger partial charge < -0.3 is 4.74 Å². The topological polar surface area (TPSA) is 93.6 Å². The minimum Gasteiger partial charge on any atom is -0.461 e. The lowest BCUT2D eigenvalue weighted by molar-refractivity contribution is -0.168. The van der Waals surface area contributed by atoms with E-state index in [-0.39, 0.29) is 23.8 Å². The summed E-state index contributed by atoms with van der Waals surface area (Å²) >= 11 is 0. The van der Waals surface area contributed by atoms with Crippen molar-refractivity contribution in [3.8, 4) is 0 Å². The van der Waals surface area contributed by atoms with E-state index in [2.05, 4.69) is 4.98 Å². The lowest BCUT2D eigenvalue weighted by Crippen LogP contribution is -2.44. The molecule has 46 heavy (non-hydrogen) atoms. The van der Waals surface area contributed by atoms with Gasteiger partial charge in [0.1, 0.15) is 12.0 Å². The number of hydrogen-bond donors (Lipinski definition) is 0. The second kappa shape index (κ2) is 15.1. The number of alkyl halides is 3. The predicted molar refractivity (Wildman–Crippen MR) is 170 cm³/mol. The molecule has 4 unspecified atom stereocenters. The number of Topliss-reactive ketones (excluding diaryl/α,β-unsaturated/α-hetero) is 1. The SMILES string of the molecule is CCC=CC(CCc1ccccc1)C1CC(=O)C(C(CCC)c2cccc(N(C)S(=O)(=O)c3ccc(C(F)(F)F)cn3)c2)C(=O)O1. The molecule has 0 N–H and O–H groups in total. The first kappa shape index (κ1) is 34.9. The van der Waals surface area contributed by atoms with Crippen LogP contribution in [0.1, 0.15) is 68.6 Å². The average Bonchev–Trinajstić information content (AvgIpc) is 3.04. The lowest BCUT2D eigenvalue weighted by atomic mass is 9.76. The van der Waals surface area contributed by atoms with Crippen molar-refractivity contribution >= 4 is 27.5 Å². The van der Waals surface area contributed by atoms with Crippen molar-refractivity contribution in [3.05, 3.63) is 102 Å². The normalized spacial score (nSPS) is 18.7. The number of esters is 1. The number of carbonyl (C=O) groups is 2. The molecule has 1 aliphatic heterocycles. The molecule has 0 saturated carbocycles. The molecule has 7 nitrogen and oxygen atoms in total. The van der Waals surface area contributed by atoms with E-state index in [4.69, 9.17) is 4.74 Å². The van der Waals surface area contributed by atoms with Gasteiger partial charge in [0.2, 0.25) is 0 Å². The zero-order chi connectivity index (χ0) is 33.5. The fraction of sp³-hybridized carbons (Fsp3) is 0.400. The van der Waals surface area contributed by atoms with Gasteiger partial charge in [0, 0.05) is 31.5 Å². The van der Waals surface area contributed by atoms with Crippen molar-refractivity contribution in [2.24, 2.45) is 11.8 Å². The van der Waals surface area contributed by atoms with Crippen molar-refractivity contribution in [1.82, 2.24) is 4.98 Å². The summed E-state index contributed by atoms with van der Waals surface area (Å²) in [7, 11) is -3.05. The Kier molecular flexibility index (Phi) is 11.4. The highest BCUT2D eigenvalue weighted by molar-refractivity contribution is 7.92. The Hall–Kier alpha value is -3.99. The van der Waals surface area contributed by atoms with E-state index in [0.29, 0.717) is 37.1 Å². The monoisotopic (exact) mass is 656 g/mol. The van der Waals surface area contributed by atoms with Gasteiger partial charge in [-0.3, -0.25) is 13.9 Å². The van der Waals surface area contributed by atoms with Crippen LogP contribution in [0.25, 0.3) is 0 Å². The molecule has 246 valence electrons. The van der Waals surface area contributed by atoms with Gasteiger partial charge in [-0.05, 0) is 61.1 Å². The van der Waals surface area contributed by atoms with Gasteiger partial charge in [-0.2, -0.15) is 21.6 Å². The number of benzene rings is 2. The number of aryl methyl sites for hydroxylation is 1. The van der Waals surface area contributed by atoms with Crippen molar-refractivity contribution in [3.63, 3.8) is 0 Å². The minimum atomic E-state index is -4.66. The molecule has 11 heteroatoms. The molecular weight excluding hydrogens is 617 g/mol. The standard InChI is InChI=1S/C35H39F3N2O5S/c1-4-6-14-25(18-17-24-12-8-7-9-13-24)31-22-30(41)33(34(42)45-31)29(11-5-2)26-15-10-16-28(21-26)40(3)46(43,44)32-20-19-27(23-39-32)35(36,37)38/h6-10,12-16,19-21,23,25,29,31,33H,4-5,11,17-18,22H2,1-3H3. The van der Waals surface area contributed by atoms with E-state index < -0.39 is 50.7 Å². The smallest absolute Gasteiger partial charge is 0.417 e. The molecule has 1 aromatic heterocycles. The number of ketones is 1. The number of hydrogen-bond acceptors (Lipinski definition) is 6. The fourth-order valence-corrected chi connectivity index (χ4v) is 6.91. The van der Waals surface area contributed by atoms with Crippen LogP contribution in [0.3, 0.4) is 0 Å².